The summed E-state index contributed by atoms with van der Waals surface area (Å²) in [7, 11) is 0. The number of nitrogens with zero attached hydrogens (tertiary/aromatic N) is 2. The van der Waals surface area contributed by atoms with Crippen LogP contribution in [-0.4, -0.2) is 9.61 Å². The molecule has 2 aromatic rings. The van der Waals surface area contributed by atoms with Gasteiger partial charge in [0.05, 0.1) is 5.52 Å². The predicted molar refractivity (Wildman–Crippen MR) is 50.3 cm³/mol. The summed E-state index contributed by atoms with van der Waals surface area (Å²) in [5.41, 5.74) is 8.42. The molecule has 0 bridgehead atoms. The summed E-state index contributed by atoms with van der Waals surface area (Å²) in [6, 6.07) is 6.18. The molecule has 0 saturated heterocycles. The van der Waals surface area contributed by atoms with E-state index in [1.165, 1.54) is 5.56 Å². The first kappa shape index (κ1) is 7.09. The van der Waals surface area contributed by atoms with Gasteiger partial charge in [-0.1, -0.05) is 0 Å². The summed E-state index contributed by atoms with van der Waals surface area (Å²) in [5.74, 6) is 0. The summed E-state index contributed by atoms with van der Waals surface area (Å²) in [6.45, 7) is 0. The van der Waals surface area contributed by atoms with Crippen molar-refractivity contribution >= 4 is 5.52 Å². The van der Waals surface area contributed by atoms with Gasteiger partial charge in [0.15, 0.2) is 0 Å². The van der Waals surface area contributed by atoms with Crippen molar-refractivity contribution in [1.29, 1.82) is 0 Å². The van der Waals surface area contributed by atoms with Gasteiger partial charge in [0.1, 0.15) is 0 Å². The van der Waals surface area contributed by atoms with Crippen LogP contribution in [0.3, 0.4) is 0 Å². The zero-order chi connectivity index (χ0) is 8.89. The third-order valence-electron chi connectivity index (χ3n) is 2.76. The summed E-state index contributed by atoms with van der Waals surface area (Å²) in [6.07, 6.45) is 5.99. The molecule has 3 heteroatoms. The standard InChI is InChI=1S/C10H11N3/c11-10(3-4-10)8-2-6-13-9(7-8)1-5-12-13/h1-2,5-7H,3-4,11H2. The van der Waals surface area contributed by atoms with Gasteiger partial charge in [0.25, 0.3) is 0 Å². The Morgan fingerprint density at radius 3 is 3.00 bits per heavy atom. The van der Waals surface area contributed by atoms with E-state index < -0.39 is 0 Å². The zero-order valence-corrected chi connectivity index (χ0v) is 7.27. The van der Waals surface area contributed by atoms with E-state index in [1.807, 2.05) is 16.8 Å². The molecule has 0 amide bonds. The van der Waals surface area contributed by atoms with Crippen molar-refractivity contribution in [3.8, 4) is 0 Å². The maximum Gasteiger partial charge on any atom is 0.0664 e. The van der Waals surface area contributed by atoms with Crippen LogP contribution in [0.15, 0.2) is 30.6 Å². The fraction of sp³-hybridized carbons (Fsp3) is 0.300. The maximum atomic E-state index is 6.10. The molecule has 3 rings (SSSR count). The Bertz CT molecular complexity index is 454. The fourth-order valence-electron chi connectivity index (χ4n) is 1.65. The SMILES string of the molecule is NC1(c2ccn3nccc3c2)CC1. The van der Waals surface area contributed by atoms with Gasteiger partial charge in [0, 0.05) is 17.9 Å². The zero-order valence-electron chi connectivity index (χ0n) is 7.27. The highest BCUT2D eigenvalue weighted by Crippen LogP contribution is 2.42. The second-order valence-corrected chi connectivity index (χ2v) is 3.77. The Balaban J connectivity index is 2.20. The van der Waals surface area contributed by atoms with Gasteiger partial charge in [-0.15, -0.1) is 0 Å². The minimum atomic E-state index is -0.0357. The fourth-order valence-corrected chi connectivity index (χ4v) is 1.65. The Labute approximate surface area is 76.2 Å². The lowest BCUT2D eigenvalue weighted by Crippen LogP contribution is -2.18. The highest BCUT2D eigenvalue weighted by Gasteiger charge is 2.39. The molecule has 3 nitrogen and oxygen atoms in total. The number of hydrogen-bond donors (Lipinski definition) is 1. The topological polar surface area (TPSA) is 43.3 Å². The Morgan fingerprint density at radius 1 is 1.38 bits per heavy atom. The van der Waals surface area contributed by atoms with E-state index in [2.05, 4.69) is 17.2 Å². The van der Waals surface area contributed by atoms with Gasteiger partial charge in [-0.25, -0.2) is 4.52 Å². The van der Waals surface area contributed by atoms with Crippen LogP contribution < -0.4 is 5.73 Å². The van der Waals surface area contributed by atoms with E-state index in [0.29, 0.717) is 0 Å². The van der Waals surface area contributed by atoms with Gasteiger partial charge < -0.3 is 5.73 Å². The van der Waals surface area contributed by atoms with Gasteiger partial charge >= 0.3 is 0 Å². The first-order valence-corrected chi connectivity index (χ1v) is 4.51. The van der Waals surface area contributed by atoms with E-state index in [4.69, 9.17) is 5.73 Å². The number of aromatic nitrogens is 2. The molecule has 0 aromatic carbocycles. The van der Waals surface area contributed by atoms with E-state index in [9.17, 15) is 0 Å². The third-order valence-corrected chi connectivity index (χ3v) is 2.76. The number of fused-ring (bicyclic) bond motifs is 1. The lowest BCUT2D eigenvalue weighted by molar-refractivity contribution is 0.737. The van der Waals surface area contributed by atoms with Crippen molar-refractivity contribution in [2.24, 2.45) is 5.73 Å². The molecule has 1 aliphatic carbocycles. The molecule has 0 radical (unpaired) electrons. The van der Waals surface area contributed by atoms with Crippen LogP contribution in [0.1, 0.15) is 18.4 Å². The molecule has 1 fully saturated rings. The average molecular weight is 173 g/mol. The van der Waals surface area contributed by atoms with Crippen LogP contribution >= 0.6 is 0 Å². The highest BCUT2D eigenvalue weighted by atomic mass is 15.2. The monoisotopic (exact) mass is 173 g/mol. The van der Waals surface area contributed by atoms with Gasteiger partial charge in [-0.2, -0.15) is 5.10 Å². The van der Waals surface area contributed by atoms with Gasteiger partial charge in [-0.05, 0) is 36.6 Å². The van der Waals surface area contributed by atoms with E-state index in [1.54, 1.807) is 6.20 Å². The third kappa shape index (κ3) is 0.971. The molecule has 0 unspecified atom stereocenters. The Morgan fingerprint density at radius 2 is 2.23 bits per heavy atom. The minimum absolute atomic E-state index is 0.0357. The van der Waals surface area contributed by atoms with Crippen LogP contribution in [0.5, 0.6) is 0 Å². The first-order chi connectivity index (χ1) is 6.28. The summed E-state index contributed by atoms with van der Waals surface area (Å²) in [4.78, 5) is 0. The molecule has 0 atom stereocenters. The number of rotatable bonds is 1. The van der Waals surface area contributed by atoms with Crippen LogP contribution in [-0.2, 0) is 5.54 Å². The first-order valence-electron chi connectivity index (χ1n) is 4.51. The van der Waals surface area contributed by atoms with Crippen molar-refractivity contribution in [1.82, 2.24) is 9.61 Å². The molecule has 2 heterocycles. The van der Waals surface area contributed by atoms with Gasteiger partial charge in [-0.3, -0.25) is 0 Å². The quantitative estimate of drug-likeness (QED) is 0.706. The van der Waals surface area contributed by atoms with Crippen molar-refractivity contribution in [2.75, 3.05) is 0 Å². The largest absolute Gasteiger partial charge is 0.321 e. The molecule has 13 heavy (non-hydrogen) atoms. The second kappa shape index (κ2) is 2.12. The lowest BCUT2D eigenvalue weighted by Gasteiger charge is -2.08. The van der Waals surface area contributed by atoms with Crippen LogP contribution in [0.4, 0.5) is 0 Å². The average Bonchev–Trinajstić information content (AvgIpc) is 2.74. The minimum Gasteiger partial charge on any atom is -0.321 e. The molecule has 0 aliphatic heterocycles. The van der Waals surface area contributed by atoms with Gasteiger partial charge in [0.2, 0.25) is 0 Å². The van der Waals surface area contributed by atoms with Crippen LogP contribution in [0, 0.1) is 0 Å². The predicted octanol–water partition coefficient (Wildman–Crippen LogP) is 1.28. The summed E-state index contributed by atoms with van der Waals surface area (Å²) in [5, 5.41) is 4.14. The molecular formula is C10H11N3. The van der Waals surface area contributed by atoms with Crippen molar-refractivity contribution in [3.05, 3.63) is 36.2 Å². The summed E-state index contributed by atoms with van der Waals surface area (Å²) < 4.78 is 1.86. The molecule has 1 saturated carbocycles. The number of nitrogens with two attached hydrogens (primary N) is 1. The van der Waals surface area contributed by atoms with E-state index in [-0.39, 0.29) is 5.54 Å². The lowest BCUT2D eigenvalue weighted by atomic mass is 10.1. The van der Waals surface area contributed by atoms with Crippen LogP contribution in [0.2, 0.25) is 0 Å². The van der Waals surface area contributed by atoms with Crippen LogP contribution in [0.25, 0.3) is 5.52 Å². The van der Waals surface area contributed by atoms with E-state index >= 15 is 0 Å². The van der Waals surface area contributed by atoms with Crippen molar-refractivity contribution < 1.29 is 0 Å². The normalized spacial score (nSPS) is 19.2. The molecule has 1 aliphatic rings. The maximum absolute atomic E-state index is 6.10. The molecular weight excluding hydrogens is 162 g/mol. The molecule has 2 N–H and O–H groups in total. The number of pyridine rings is 1. The molecule has 2 aromatic heterocycles. The second-order valence-electron chi connectivity index (χ2n) is 3.77. The van der Waals surface area contributed by atoms with Crippen molar-refractivity contribution in [2.45, 2.75) is 18.4 Å². The highest BCUT2D eigenvalue weighted by molar-refractivity contribution is 5.50. The van der Waals surface area contributed by atoms with E-state index in [0.717, 1.165) is 18.4 Å². The Hall–Kier alpha value is -1.35. The molecule has 0 spiro atoms. The smallest absolute Gasteiger partial charge is 0.0664 e. The van der Waals surface area contributed by atoms with Crippen molar-refractivity contribution in [3.63, 3.8) is 0 Å². The Kier molecular flexibility index (Phi) is 1.15. The summed E-state index contributed by atoms with van der Waals surface area (Å²) >= 11 is 0. The number of hydrogen-bond acceptors (Lipinski definition) is 2. The molecule has 66 valence electrons.